The number of benzene rings is 2. The lowest BCUT2D eigenvalue weighted by molar-refractivity contribution is 0.104. The third kappa shape index (κ3) is 3.81. The summed E-state index contributed by atoms with van der Waals surface area (Å²) >= 11 is 0. The van der Waals surface area contributed by atoms with Crippen LogP contribution >= 0.6 is 0 Å². The van der Waals surface area contributed by atoms with Gasteiger partial charge in [-0.1, -0.05) is 24.3 Å². The Balaban J connectivity index is 1.59. The molecule has 0 spiro atoms. The van der Waals surface area contributed by atoms with Gasteiger partial charge in [0, 0.05) is 11.8 Å². The second-order valence-electron chi connectivity index (χ2n) is 6.50. The van der Waals surface area contributed by atoms with Gasteiger partial charge in [0.25, 0.3) is 0 Å². The molecule has 150 valence electrons. The van der Waals surface area contributed by atoms with Crippen LogP contribution in [0.3, 0.4) is 0 Å². The highest BCUT2D eigenvalue weighted by Gasteiger charge is 2.11. The van der Waals surface area contributed by atoms with Crippen LogP contribution < -0.4 is 10.4 Å². The Labute approximate surface area is 171 Å². The van der Waals surface area contributed by atoms with Gasteiger partial charge in [-0.2, -0.15) is 0 Å². The first-order chi connectivity index (χ1) is 14.5. The van der Waals surface area contributed by atoms with Gasteiger partial charge < -0.3 is 19.2 Å². The molecule has 2 aromatic heterocycles. The van der Waals surface area contributed by atoms with Gasteiger partial charge in [0.15, 0.2) is 23.0 Å². The van der Waals surface area contributed by atoms with Gasteiger partial charge in [0.2, 0.25) is 0 Å². The number of H-pyrrole nitrogens is 1. The number of hydrogen-bond donors (Lipinski definition) is 2. The lowest BCUT2D eigenvalue weighted by Gasteiger charge is -2.04. The molecule has 0 aliphatic rings. The summed E-state index contributed by atoms with van der Waals surface area (Å²) in [4.78, 5) is 27.7. The van der Waals surface area contributed by atoms with E-state index in [-0.39, 0.29) is 17.2 Å². The van der Waals surface area contributed by atoms with Gasteiger partial charge in [0.1, 0.15) is 5.69 Å². The van der Waals surface area contributed by atoms with E-state index >= 15 is 0 Å². The molecule has 4 aromatic rings. The zero-order valence-electron chi connectivity index (χ0n) is 16.0. The van der Waals surface area contributed by atoms with Crippen molar-refractivity contribution in [3.05, 3.63) is 94.7 Å². The number of ether oxygens (including phenoxy) is 1. The number of carbonyl (C=O) groups is 1. The Morgan fingerprint density at radius 1 is 1.17 bits per heavy atom. The van der Waals surface area contributed by atoms with E-state index in [2.05, 4.69) is 4.98 Å². The highest BCUT2D eigenvalue weighted by Crippen LogP contribution is 2.27. The van der Waals surface area contributed by atoms with E-state index in [0.29, 0.717) is 34.0 Å². The van der Waals surface area contributed by atoms with Crippen molar-refractivity contribution in [2.75, 3.05) is 7.11 Å². The molecular weight excluding hydrogens is 384 g/mol. The maximum Gasteiger partial charge on any atom is 0.330 e. The van der Waals surface area contributed by atoms with Crippen LogP contribution in [0, 0.1) is 0 Å². The number of ketones is 1. The van der Waals surface area contributed by atoms with Crippen molar-refractivity contribution in [3.63, 3.8) is 0 Å². The number of methoxy groups -OCH3 is 1. The number of phenolic OH excluding ortho intramolecular Hbond substituents is 1. The summed E-state index contributed by atoms with van der Waals surface area (Å²) in [7, 11) is 1.46. The Morgan fingerprint density at radius 2 is 2.03 bits per heavy atom. The molecule has 0 bridgehead atoms. The van der Waals surface area contributed by atoms with E-state index in [9.17, 15) is 14.7 Å². The Hall–Kier alpha value is -4.26. The largest absolute Gasteiger partial charge is 0.504 e. The molecule has 0 saturated carbocycles. The first-order valence-electron chi connectivity index (χ1n) is 9.10. The number of nitrogens with zero attached hydrogens (tertiary/aromatic N) is 1. The maximum atomic E-state index is 12.6. The molecule has 7 heteroatoms. The standard InChI is InChI=1S/C23H18N2O5/c1-29-22-12-15(8-10-20(22)27)7-9-19(26)16-4-2-5-17(13-16)25-14-18(24-23(25)28)21-6-3-11-30-21/h2-14,27H,1H3,(H,24,28). The van der Waals surface area contributed by atoms with E-state index < -0.39 is 0 Å². The van der Waals surface area contributed by atoms with Crippen LogP contribution in [0.5, 0.6) is 11.5 Å². The van der Waals surface area contributed by atoms with Crippen molar-refractivity contribution in [2.24, 2.45) is 0 Å². The Bertz CT molecular complexity index is 1280. The molecule has 0 unspecified atom stereocenters. The van der Waals surface area contributed by atoms with Crippen LogP contribution in [0.2, 0.25) is 0 Å². The number of aromatic nitrogens is 2. The van der Waals surface area contributed by atoms with E-state index in [4.69, 9.17) is 9.15 Å². The summed E-state index contributed by atoms with van der Waals surface area (Å²) in [5.74, 6) is 0.675. The predicted octanol–water partition coefficient (Wildman–Crippen LogP) is 4.04. The molecular formula is C23H18N2O5. The number of furan rings is 1. The van der Waals surface area contributed by atoms with Crippen molar-refractivity contribution >= 4 is 11.9 Å². The average molecular weight is 402 g/mol. The Kier molecular flexibility index (Phi) is 5.09. The van der Waals surface area contributed by atoms with Crippen molar-refractivity contribution in [3.8, 4) is 28.6 Å². The van der Waals surface area contributed by atoms with E-state index in [1.54, 1.807) is 60.8 Å². The predicted molar refractivity (Wildman–Crippen MR) is 112 cm³/mol. The number of carbonyl (C=O) groups excluding carboxylic acids is 1. The third-order valence-corrected chi connectivity index (χ3v) is 4.55. The SMILES string of the molecule is COc1cc(C=CC(=O)c2cccc(-n3cc(-c4ccco4)[nH]c3=O)c2)ccc1O. The van der Waals surface area contributed by atoms with Crippen LogP contribution in [-0.4, -0.2) is 27.6 Å². The number of rotatable bonds is 6. The summed E-state index contributed by atoms with van der Waals surface area (Å²) in [5.41, 5.74) is 1.90. The van der Waals surface area contributed by atoms with Gasteiger partial charge in [-0.25, -0.2) is 4.79 Å². The molecule has 2 heterocycles. The van der Waals surface area contributed by atoms with Gasteiger partial charge in [-0.15, -0.1) is 0 Å². The van der Waals surface area contributed by atoms with Crippen molar-refractivity contribution in [1.82, 2.24) is 9.55 Å². The minimum atomic E-state index is -0.335. The highest BCUT2D eigenvalue weighted by atomic mass is 16.5. The molecule has 0 aliphatic carbocycles. The summed E-state index contributed by atoms with van der Waals surface area (Å²) in [5, 5.41) is 9.66. The van der Waals surface area contributed by atoms with Gasteiger partial charge in [-0.3, -0.25) is 9.36 Å². The molecule has 30 heavy (non-hydrogen) atoms. The van der Waals surface area contributed by atoms with Crippen LogP contribution in [0.1, 0.15) is 15.9 Å². The second-order valence-corrected chi connectivity index (χ2v) is 6.50. The fourth-order valence-electron chi connectivity index (χ4n) is 3.02. The number of aromatic amines is 1. The smallest absolute Gasteiger partial charge is 0.330 e. The summed E-state index contributed by atoms with van der Waals surface area (Å²) in [6.07, 6.45) is 6.22. The van der Waals surface area contributed by atoms with Gasteiger partial charge in [-0.05, 0) is 48.0 Å². The average Bonchev–Trinajstić information content (AvgIpc) is 3.43. The monoisotopic (exact) mass is 402 g/mol. The lowest BCUT2D eigenvalue weighted by Crippen LogP contribution is -2.14. The van der Waals surface area contributed by atoms with Crippen LogP contribution in [-0.2, 0) is 0 Å². The second kappa shape index (κ2) is 8.00. The molecule has 2 aromatic carbocycles. The van der Waals surface area contributed by atoms with Crippen molar-refractivity contribution in [1.29, 1.82) is 0 Å². The first kappa shape index (κ1) is 19.1. The minimum Gasteiger partial charge on any atom is -0.504 e. The number of hydrogen-bond acceptors (Lipinski definition) is 5. The van der Waals surface area contributed by atoms with E-state index in [1.165, 1.54) is 30.1 Å². The number of nitrogens with one attached hydrogen (secondary N) is 1. The number of aromatic hydroxyl groups is 1. The van der Waals surface area contributed by atoms with Crippen molar-refractivity contribution in [2.45, 2.75) is 0 Å². The van der Waals surface area contributed by atoms with Crippen LogP contribution in [0.15, 0.2) is 82.3 Å². The zero-order chi connectivity index (χ0) is 21.1. The molecule has 0 aliphatic heterocycles. The van der Waals surface area contributed by atoms with Gasteiger partial charge >= 0.3 is 5.69 Å². The quantitative estimate of drug-likeness (QED) is 0.375. The highest BCUT2D eigenvalue weighted by molar-refractivity contribution is 6.07. The van der Waals surface area contributed by atoms with E-state index in [1.807, 2.05) is 0 Å². The number of imidazole rings is 1. The molecule has 4 rings (SSSR count). The normalized spacial score (nSPS) is 11.1. The molecule has 0 amide bonds. The maximum absolute atomic E-state index is 12.6. The third-order valence-electron chi connectivity index (χ3n) is 4.55. The molecule has 0 radical (unpaired) electrons. The summed E-state index contributed by atoms with van der Waals surface area (Å²) in [6, 6.07) is 15.1. The Morgan fingerprint density at radius 3 is 2.80 bits per heavy atom. The molecule has 0 saturated heterocycles. The van der Waals surface area contributed by atoms with Crippen LogP contribution in [0.4, 0.5) is 0 Å². The summed E-state index contributed by atoms with van der Waals surface area (Å²) in [6.45, 7) is 0. The molecule has 2 N–H and O–H groups in total. The molecule has 0 fully saturated rings. The molecule has 7 nitrogen and oxygen atoms in total. The van der Waals surface area contributed by atoms with Crippen molar-refractivity contribution < 1.29 is 19.1 Å². The lowest BCUT2D eigenvalue weighted by atomic mass is 10.1. The minimum absolute atomic E-state index is 0.0274. The first-order valence-corrected chi connectivity index (χ1v) is 9.10. The van der Waals surface area contributed by atoms with E-state index in [0.717, 1.165) is 0 Å². The molecule has 0 atom stereocenters. The fraction of sp³-hybridized carbons (Fsp3) is 0.0435. The topological polar surface area (TPSA) is 97.5 Å². The number of phenols is 1. The fourth-order valence-corrected chi connectivity index (χ4v) is 3.02. The zero-order valence-corrected chi connectivity index (χ0v) is 16.0. The number of allylic oxidation sites excluding steroid dienone is 1. The summed E-state index contributed by atoms with van der Waals surface area (Å²) < 4.78 is 11.8. The van der Waals surface area contributed by atoms with Crippen LogP contribution in [0.25, 0.3) is 23.2 Å². The van der Waals surface area contributed by atoms with Gasteiger partial charge in [0.05, 0.1) is 19.1 Å².